The minimum absolute atomic E-state index is 0.0440. The summed E-state index contributed by atoms with van der Waals surface area (Å²) in [5.74, 6) is 1.86. The third kappa shape index (κ3) is 4.84. The number of nitrogens with one attached hydrogen (secondary N) is 1. The van der Waals surface area contributed by atoms with E-state index < -0.39 is 0 Å². The summed E-state index contributed by atoms with van der Waals surface area (Å²) in [7, 11) is 0. The van der Waals surface area contributed by atoms with Crippen LogP contribution in [-0.4, -0.2) is 26.4 Å². The maximum absolute atomic E-state index is 12.5. The quantitative estimate of drug-likeness (QED) is 0.727. The first-order valence-electron chi connectivity index (χ1n) is 8.93. The van der Waals surface area contributed by atoms with Crippen molar-refractivity contribution >= 4 is 17.7 Å². The Morgan fingerprint density at radius 3 is 2.64 bits per heavy atom. The minimum Gasteiger partial charge on any atom is -0.349 e. The van der Waals surface area contributed by atoms with Gasteiger partial charge in [-0.3, -0.25) is 4.79 Å². The molecule has 0 spiro atoms. The molecule has 1 aromatic carbocycles. The normalized spacial score (nSPS) is 15.4. The number of carbonyl (C=O) groups excluding carboxylic acids is 1. The van der Waals surface area contributed by atoms with Crippen LogP contribution in [0.5, 0.6) is 0 Å². The molecule has 0 bridgehead atoms. The van der Waals surface area contributed by atoms with E-state index in [2.05, 4.69) is 46.1 Å². The molecule has 6 heteroatoms. The van der Waals surface area contributed by atoms with Gasteiger partial charge < -0.3 is 9.88 Å². The highest BCUT2D eigenvalue weighted by Gasteiger charge is 2.28. The lowest BCUT2D eigenvalue weighted by Crippen LogP contribution is -2.31. The van der Waals surface area contributed by atoms with E-state index in [9.17, 15) is 4.79 Å². The predicted octanol–water partition coefficient (Wildman–Crippen LogP) is 3.92. The minimum atomic E-state index is 0.0440. The first kappa shape index (κ1) is 18.0. The van der Waals surface area contributed by atoms with E-state index in [4.69, 9.17) is 0 Å². The molecular formula is C19H26N4OS. The van der Waals surface area contributed by atoms with Crippen LogP contribution in [-0.2, 0) is 4.79 Å². The van der Waals surface area contributed by atoms with Gasteiger partial charge in [-0.15, -0.1) is 10.2 Å². The number of carbonyl (C=O) groups is 1. The molecule has 1 saturated carbocycles. The first-order chi connectivity index (χ1) is 12.0. The zero-order valence-corrected chi connectivity index (χ0v) is 15.9. The van der Waals surface area contributed by atoms with E-state index in [1.807, 2.05) is 25.1 Å². The molecule has 1 heterocycles. The van der Waals surface area contributed by atoms with Gasteiger partial charge in [0.2, 0.25) is 5.91 Å². The lowest BCUT2D eigenvalue weighted by atomic mass is 9.97. The molecule has 1 aliphatic rings. The molecule has 0 aliphatic heterocycles. The molecule has 134 valence electrons. The summed E-state index contributed by atoms with van der Waals surface area (Å²) in [6, 6.07) is 10.8. The van der Waals surface area contributed by atoms with Crippen LogP contribution in [0.15, 0.2) is 35.5 Å². The van der Waals surface area contributed by atoms with Gasteiger partial charge in [0.1, 0.15) is 5.82 Å². The molecule has 5 nitrogen and oxygen atoms in total. The Morgan fingerprint density at radius 1 is 1.28 bits per heavy atom. The van der Waals surface area contributed by atoms with Crippen molar-refractivity contribution in [2.75, 3.05) is 5.75 Å². The summed E-state index contributed by atoms with van der Waals surface area (Å²) < 4.78 is 2.17. The number of aryl methyl sites for hydroxylation is 1. The van der Waals surface area contributed by atoms with Crippen molar-refractivity contribution in [3.8, 4) is 0 Å². The van der Waals surface area contributed by atoms with E-state index in [0.29, 0.717) is 17.7 Å². The van der Waals surface area contributed by atoms with Gasteiger partial charge in [0.05, 0.1) is 11.8 Å². The Hall–Kier alpha value is -1.82. The highest BCUT2D eigenvalue weighted by molar-refractivity contribution is 7.99. The molecule has 0 radical (unpaired) electrons. The Bertz CT molecular complexity index is 709. The lowest BCUT2D eigenvalue weighted by Gasteiger charge is -2.21. The Labute approximate surface area is 153 Å². The number of hydrogen-bond acceptors (Lipinski definition) is 4. The predicted molar refractivity (Wildman–Crippen MR) is 101 cm³/mol. The average Bonchev–Trinajstić information content (AvgIpc) is 3.35. The van der Waals surface area contributed by atoms with Crippen LogP contribution in [0.25, 0.3) is 0 Å². The topological polar surface area (TPSA) is 59.8 Å². The number of amides is 1. The summed E-state index contributed by atoms with van der Waals surface area (Å²) in [5, 5.41) is 12.4. The summed E-state index contributed by atoms with van der Waals surface area (Å²) >= 11 is 1.48. The molecule has 1 aliphatic carbocycles. The first-order valence-corrected chi connectivity index (χ1v) is 9.91. The molecule has 1 aromatic heterocycles. The zero-order valence-electron chi connectivity index (χ0n) is 15.1. The van der Waals surface area contributed by atoms with E-state index >= 15 is 0 Å². The van der Waals surface area contributed by atoms with Gasteiger partial charge >= 0.3 is 0 Å². The van der Waals surface area contributed by atoms with Gasteiger partial charge in [-0.25, -0.2) is 0 Å². The number of benzene rings is 1. The van der Waals surface area contributed by atoms with Crippen LogP contribution >= 0.6 is 11.8 Å². The van der Waals surface area contributed by atoms with Crippen LogP contribution in [0.1, 0.15) is 56.6 Å². The summed E-state index contributed by atoms with van der Waals surface area (Å²) in [5.41, 5.74) is 1.16. The standard InChI is InChI=1S/C19H26N4OS/c1-13(2)11-17(15-7-5-4-6-8-15)20-18(24)12-25-19-22-21-14(3)23(19)16-9-10-16/h4-8,13,16-17H,9-12H2,1-3H3,(H,20,24)/t17-/m0/s1. The van der Waals surface area contributed by atoms with Crippen LogP contribution in [0.2, 0.25) is 0 Å². The summed E-state index contributed by atoms with van der Waals surface area (Å²) in [6.45, 7) is 6.33. The van der Waals surface area contributed by atoms with Crippen molar-refractivity contribution in [3.05, 3.63) is 41.7 Å². The fourth-order valence-corrected chi connectivity index (χ4v) is 3.87. The number of aromatic nitrogens is 3. The highest BCUT2D eigenvalue weighted by Crippen LogP contribution is 2.38. The smallest absolute Gasteiger partial charge is 0.230 e. The van der Waals surface area contributed by atoms with Crippen LogP contribution in [0.4, 0.5) is 0 Å². The third-order valence-corrected chi connectivity index (χ3v) is 5.27. The molecule has 2 aromatic rings. The molecule has 1 fully saturated rings. The van der Waals surface area contributed by atoms with E-state index in [1.54, 1.807) is 0 Å². The summed E-state index contributed by atoms with van der Waals surface area (Å²) in [6.07, 6.45) is 3.30. The number of nitrogens with zero attached hydrogens (tertiary/aromatic N) is 3. The van der Waals surface area contributed by atoms with Gasteiger partial charge in [-0.2, -0.15) is 0 Å². The van der Waals surface area contributed by atoms with Crippen molar-refractivity contribution in [3.63, 3.8) is 0 Å². The fourth-order valence-electron chi connectivity index (χ4n) is 3.00. The van der Waals surface area contributed by atoms with Crippen LogP contribution in [0.3, 0.4) is 0 Å². The van der Waals surface area contributed by atoms with Crippen molar-refractivity contribution in [2.45, 2.75) is 57.3 Å². The van der Waals surface area contributed by atoms with Gasteiger partial charge in [0.25, 0.3) is 0 Å². The third-order valence-electron chi connectivity index (χ3n) is 4.32. The van der Waals surface area contributed by atoms with Crippen molar-refractivity contribution in [2.24, 2.45) is 5.92 Å². The molecule has 3 rings (SSSR count). The van der Waals surface area contributed by atoms with E-state index in [-0.39, 0.29) is 11.9 Å². The monoisotopic (exact) mass is 358 g/mol. The molecule has 0 unspecified atom stereocenters. The average molecular weight is 359 g/mol. The van der Waals surface area contributed by atoms with Crippen molar-refractivity contribution in [1.29, 1.82) is 0 Å². The number of thioether (sulfide) groups is 1. The maximum atomic E-state index is 12.5. The number of hydrogen-bond donors (Lipinski definition) is 1. The van der Waals surface area contributed by atoms with Crippen molar-refractivity contribution < 1.29 is 4.79 Å². The van der Waals surface area contributed by atoms with Gasteiger partial charge in [0.15, 0.2) is 5.16 Å². The van der Waals surface area contributed by atoms with Gasteiger partial charge in [0, 0.05) is 6.04 Å². The molecule has 1 amide bonds. The summed E-state index contributed by atoms with van der Waals surface area (Å²) in [4.78, 5) is 12.5. The Balaban J connectivity index is 1.60. The Morgan fingerprint density at radius 2 is 2.00 bits per heavy atom. The van der Waals surface area contributed by atoms with Gasteiger partial charge in [-0.05, 0) is 37.7 Å². The zero-order chi connectivity index (χ0) is 17.8. The van der Waals surface area contributed by atoms with Crippen molar-refractivity contribution in [1.82, 2.24) is 20.1 Å². The second-order valence-corrected chi connectivity index (χ2v) is 8.02. The molecule has 1 N–H and O–H groups in total. The molecule has 25 heavy (non-hydrogen) atoms. The van der Waals surface area contributed by atoms with Crippen LogP contribution < -0.4 is 5.32 Å². The maximum Gasteiger partial charge on any atom is 0.230 e. The van der Waals surface area contributed by atoms with E-state index in [1.165, 1.54) is 24.6 Å². The second-order valence-electron chi connectivity index (χ2n) is 7.08. The lowest BCUT2D eigenvalue weighted by molar-refractivity contribution is -0.119. The second kappa shape index (κ2) is 8.04. The number of rotatable bonds is 8. The van der Waals surface area contributed by atoms with E-state index in [0.717, 1.165) is 23.0 Å². The molecular weight excluding hydrogens is 332 g/mol. The largest absolute Gasteiger partial charge is 0.349 e. The van der Waals surface area contributed by atoms with Gasteiger partial charge in [-0.1, -0.05) is 55.9 Å². The molecule has 1 atom stereocenters. The van der Waals surface area contributed by atoms with Crippen LogP contribution in [0, 0.1) is 12.8 Å². The molecule has 0 saturated heterocycles. The SMILES string of the molecule is Cc1nnc(SCC(=O)N[C@@H](CC(C)C)c2ccccc2)n1C1CC1. The highest BCUT2D eigenvalue weighted by atomic mass is 32.2. The fraction of sp³-hybridized carbons (Fsp3) is 0.526. The Kier molecular flexibility index (Phi) is 5.78.